The number of carbonyl (C=O) groups is 2. The van der Waals surface area contributed by atoms with Gasteiger partial charge in [0.05, 0.1) is 12.8 Å². The van der Waals surface area contributed by atoms with Crippen molar-refractivity contribution in [2.45, 2.75) is 31.1 Å². The van der Waals surface area contributed by atoms with Gasteiger partial charge in [-0.05, 0) is 18.9 Å². The molecule has 1 aromatic heterocycles. The Morgan fingerprint density at radius 2 is 2.09 bits per heavy atom. The van der Waals surface area contributed by atoms with Crippen LogP contribution in [-0.2, 0) is 22.0 Å². The number of benzene rings is 1. The molecule has 0 N–H and O–H groups in total. The Hall–Kier alpha value is -2.10. The minimum Gasteiger partial charge on any atom is -0.468 e. The highest BCUT2D eigenvalue weighted by molar-refractivity contribution is 6.14. The van der Waals surface area contributed by atoms with Crippen LogP contribution < -0.4 is 0 Å². The predicted molar refractivity (Wildman–Crippen MR) is 82.9 cm³/mol. The Balaban J connectivity index is 2.11. The van der Waals surface area contributed by atoms with Gasteiger partial charge in [-0.3, -0.25) is 9.59 Å². The van der Waals surface area contributed by atoms with Crippen LogP contribution in [0.25, 0.3) is 10.9 Å². The van der Waals surface area contributed by atoms with E-state index in [4.69, 9.17) is 4.74 Å². The molecular weight excluding hydrogens is 278 g/mol. The number of fused-ring (bicyclic) bond motifs is 5. The first kappa shape index (κ1) is 13.6. The van der Waals surface area contributed by atoms with Crippen molar-refractivity contribution < 1.29 is 14.3 Å². The summed E-state index contributed by atoms with van der Waals surface area (Å²) in [4.78, 5) is 25.8. The van der Waals surface area contributed by atoms with Gasteiger partial charge in [0.1, 0.15) is 5.41 Å². The topological polar surface area (TPSA) is 48.3 Å². The summed E-state index contributed by atoms with van der Waals surface area (Å²) in [5.41, 5.74) is 1.85. The van der Waals surface area contributed by atoms with E-state index in [9.17, 15) is 9.59 Å². The van der Waals surface area contributed by atoms with Crippen LogP contribution in [0.4, 0.5) is 0 Å². The average molecular weight is 297 g/mol. The zero-order valence-electron chi connectivity index (χ0n) is 12.9. The largest absolute Gasteiger partial charge is 0.468 e. The molecule has 1 saturated carbocycles. The molecule has 114 valence electrons. The fourth-order valence-corrected chi connectivity index (χ4v) is 4.65. The fraction of sp³-hybridized carbons (Fsp3) is 0.444. The van der Waals surface area contributed by atoms with Gasteiger partial charge in [0.2, 0.25) is 0 Å². The molecule has 2 aliphatic carbocycles. The van der Waals surface area contributed by atoms with E-state index >= 15 is 0 Å². The molecule has 2 aliphatic rings. The van der Waals surface area contributed by atoms with Crippen LogP contribution in [0.2, 0.25) is 0 Å². The van der Waals surface area contributed by atoms with Crippen LogP contribution in [0.1, 0.15) is 41.7 Å². The average Bonchev–Trinajstić information content (AvgIpc) is 3.01. The van der Waals surface area contributed by atoms with Gasteiger partial charge in [-0.1, -0.05) is 31.0 Å². The number of methoxy groups -OCH3 is 1. The SMILES string of the molecule is COC(=O)[C@]12CCCC[C@H]1C(=O)c1c2c2ccccc2n1C. The van der Waals surface area contributed by atoms with E-state index in [0.29, 0.717) is 12.1 Å². The molecule has 1 aromatic carbocycles. The van der Waals surface area contributed by atoms with Crippen LogP contribution in [-0.4, -0.2) is 23.4 Å². The Kier molecular flexibility index (Phi) is 2.74. The number of esters is 1. The van der Waals surface area contributed by atoms with Crippen molar-refractivity contribution in [1.29, 1.82) is 0 Å². The van der Waals surface area contributed by atoms with Crippen LogP contribution in [0.3, 0.4) is 0 Å². The van der Waals surface area contributed by atoms with E-state index < -0.39 is 5.41 Å². The molecule has 1 fully saturated rings. The lowest BCUT2D eigenvalue weighted by Crippen LogP contribution is -2.44. The summed E-state index contributed by atoms with van der Waals surface area (Å²) in [6.07, 6.45) is 3.44. The standard InChI is InChI=1S/C18H19NO3/c1-19-13-9-4-3-7-11(13)14-15(19)16(20)12-8-5-6-10-18(12,14)17(21)22-2/h3-4,7,9,12H,5-6,8,10H2,1-2H3/t12-,18+/m0/s1. The highest BCUT2D eigenvalue weighted by atomic mass is 16.5. The summed E-state index contributed by atoms with van der Waals surface area (Å²) in [7, 11) is 3.34. The van der Waals surface area contributed by atoms with Crippen molar-refractivity contribution >= 4 is 22.7 Å². The summed E-state index contributed by atoms with van der Waals surface area (Å²) < 4.78 is 7.11. The van der Waals surface area contributed by atoms with E-state index in [0.717, 1.165) is 35.7 Å². The van der Waals surface area contributed by atoms with Crippen molar-refractivity contribution in [2.24, 2.45) is 13.0 Å². The van der Waals surface area contributed by atoms with Gasteiger partial charge >= 0.3 is 5.97 Å². The fourth-order valence-electron chi connectivity index (χ4n) is 4.65. The summed E-state index contributed by atoms with van der Waals surface area (Å²) in [6, 6.07) is 7.95. The highest BCUT2D eigenvalue weighted by Crippen LogP contribution is 2.55. The van der Waals surface area contributed by atoms with Crippen molar-refractivity contribution in [3.63, 3.8) is 0 Å². The molecule has 1 heterocycles. The number of ether oxygens (including phenoxy) is 1. The third-order valence-electron chi connectivity index (χ3n) is 5.56. The van der Waals surface area contributed by atoms with Gasteiger partial charge in [0, 0.05) is 29.4 Å². The molecule has 4 nitrogen and oxygen atoms in total. The molecule has 2 atom stereocenters. The number of nitrogens with zero attached hydrogens (tertiary/aromatic N) is 1. The Morgan fingerprint density at radius 3 is 2.86 bits per heavy atom. The molecule has 0 radical (unpaired) electrons. The second-order valence-electron chi connectivity index (χ2n) is 6.43. The molecule has 0 saturated heterocycles. The van der Waals surface area contributed by atoms with Crippen LogP contribution in [0.5, 0.6) is 0 Å². The molecule has 0 aliphatic heterocycles. The van der Waals surface area contributed by atoms with Crippen LogP contribution in [0.15, 0.2) is 24.3 Å². The molecule has 0 spiro atoms. The number of hydrogen-bond acceptors (Lipinski definition) is 3. The monoisotopic (exact) mass is 297 g/mol. The number of aryl methyl sites for hydroxylation is 1. The third kappa shape index (κ3) is 1.38. The van der Waals surface area contributed by atoms with Crippen molar-refractivity contribution in [3.05, 3.63) is 35.5 Å². The minimum atomic E-state index is -0.777. The van der Waals surface area contributed by atoms with Gasteiger partial charge in [-0.15, -0.1) is 0 Å². The molecule has 4 rings (SSSR count). The van der Waals surface area contributed by atoms with E-state index in [2.05, 4.69) is 0 Å². The van der Waals surface area contributed by atoms with Crippen molar-refractivity contribution in [1.82, 2.24) is 4.57 Å². The zero-order valence-corrected chi connectivity index (χ0v) is 12.9. The number of para-hydroxylation sites is 1. The lowest BCUT2D eigenvalue weighted by atomic mass is 9.65. The van der Waals surface area contributed by atoms with Crippen LogP contribution >= 0.6 is 0 Å². The summed E-state index contributed by atoms with van der Waals surface area (Å²) >= 11 is 0. The minimum absolute atomic E-state index is 0.110. The van der Waals surface area contributed by atoms with E-state index in [-0.39, 0.29) is 17.7 Å². The quantitative estimate of drug-likeness (QED) is 0.760. The maximum absolute atomic E-state index is 13.0. The normalized spacial score (nSPS) is 26.8. The second-order valence-corrected chi connectivity index (χ2v) is 6.43. The van der Waals surface area contributed by atoms with Crippen molar-refractivity contribution in [3.8, 4) is 0 Å². The van der Waals surface area contributed by atoms with Gasteiger partial charge in [-0.2, -0.15) is 0 Å². The number of aromatic nitrogens is 1. The van der Waals surface area contributed by atoms with Gasteiger partial charge < -0.3 is 9.30 Å². The third-order valence-corrected chi connectivity index (χ3v) is 5.56. The number of ketones is 1. The summed E-state index contributed by atoms with van der Waals surface area (Å²) in [6.45, 7) is 0. The predicted octanol–water partition coefficient (Wildman–Crippen LogP) is 2.98. The van der Waals surface area contributed by atoms with Gasteiger partial charge in [-0.25, -0.2) is 0 Å². The van der Waals surface area contributed by atoms with Crippen molar-refractivity contribution in [2.75, 3.05) is 7.11 Å². The lowest BCUT2D eigenvalue weighted by molar-refractivity contribution is -0.150. The van der Waals surface area contributed by atoms with E-state index in [1.165, 1.54) is 7.11 Å². The van der Waals surface area contributed by atoms with Gasteiger partial charge in [0.25, 0.3) is 0 Å². The molecular formula is C18H19NO3. The second kappa shape index (κ2) is 4.45. The smallest absolute Gasteiger partial charge is 0.317 e. The zero-order chi connectivity index (χ0) is 15.5. The molecule has 0 amide bonds. The molecule has 22 heavy (non-hydrogen) atoms. The number of Topliss-reactive ketones (excluding diaryl/α,β-unsaturated/α-hetero) is 1. The Bertz CT molecular complexity index is 804. The highest BCUT2D eigenvalue weighted by Gasteiger charge is 2.60. The summed E-state index contributed by atoms with van der Waals surface area (Å²) in [5.74, 6) is -0.394. The number of carbonyl (C=O) groups excluding carboxylic acids is 2. The lowest BCUT2D eigenvalue weighted by Gasteiger charge is -2.36. The molecule has 0 bridgehead atoms. The summed E-state index contributed by atoms with van der Waals surface area (Å²) in [5, 5.41) is 1.02. The number of hydrogen-bond donors (Lipinski definition) is 0. The Morgan fingerprint density at radius 1 is 1.32 bits per heavy atom. The first-order chi connectivity index (χ1) is 10.6. The first-order valence-electron chi connectivity index (χ1n) is 7.83. The maximum Gasteiger partial charge on any atom is 0.317 e. The van der Waals surface area contributed by atoms with E-state index in [1.54, 1.807) is 0 Å². The Labute approximate surface area is 129 Å². The number of rotatable bonds is 1. The first-order valence-corrected chi connectivity index (χ1v) is 7.83. The maximum atomic E-state index is 13.0. The molecule has 2 aromatic rings. The van der Waals surface area contributed by atoms with E-state index in [1.807, 2.05) is 35.9 Å². The molecule has 4 heteroatoms. The van der Waals surface area contributed by atoms with Crippen LogP contribution in [0, 0.1) is 5.92 Å². The molecule has 0 unspecified atom stereocenters. The van der Waals surface area contributed by atoms with Gasteiger partial charge in [0.15, 0.2) is 5.78 Å².